The third-order valence-electron chi connectivity index (χ3n) is 2.83. The standard InChI is InChI=1S/C12H15Cl2NOS/c1-15-12(11-7-17-5-4-16-11)8-2-3-9(13)10(14)6-8/h2-3,6,11-12,15H,4-5,7H2,1H3. The van der Waals surface area contributed by atoms with Gasteiger partial charge >= 0.3 is 0 Å². The normalized spacial score (nSPS) is 22.4. The second-order valence-corrected chi connectivity index (χ2v) is 5.89. The summed E-state index contributed by atoms with van der Waals surface area (Å²) in [5.41, 5.74) is 1.12. The summed E-state index contributed by atoms with van der Waals surface area (Å²) < 4.78 is 5.80. The predicted octanol–water partition coefficient (Wildman–Crippen LogP) is 3.39. The Kier molecular flexibility index (Phi) is 5.00. The third kappa shape index (κ3) is 3.30. The van der Waals surface area contributed by atoms with E-state index in [2.05, 4.69) is 5.32 Å². The van der Waals surface area contributed by atoms with Crippen LogP contribution in [-0.4, -0.2) is 31.3 Å². The zero-order valence-corrected chi connectivity index (χ0v) is 11.9. The lowest BCUT2D eigenvalue weighted by Gasteiger charge is -2.30. The number of rotatable bonds is 3. The van der Waals surface area contributed by atoms with E-state index in [0.29, 0.717) is 10.0 Å². The fourth-order valence-corrected chi connectivity index (χ4v) is 3.18. The zero-order chi connectivity index (χ0) is 12.3. The van der Waals surface area contributed by atoms with Gasteiger partial charge in [-0.1, -0.05) is 29.3 Å². The summed E-state index contributed by atoms with van der Waals surface area (Å²) in [6, 6.07) is 5.91. The van der Waals surface area contributed by atoms with Gasteiger partial charge in [0.2, 0.25) is 0 Å². The van der Waals surface area contributed by atoms with E-state index < -0.39 is 0 Å². The number of hydrogen-bond acceptors (Lipinski definition) is 3. The molecule has 1 aromatic rings. The molecule has 1 fully saturated rings. The summed E-state index contributed by atoms with van der Waals surface area (Å²) in [5, 5.41) is 4.47. The molecule has 1 aliphatic rings. The number of benzene rings is 1. The van der Waals surface area contributed by atoms with Gasteiger partial charge in [-0.05, 0) is 24.7 Å². The van der Waals surface area contributed by atoms with E-state index in [4.69, 9.17) is 27.9 Å². The summed E-state index contributed by atoms with van der Waals surface area (Å²) in [6.07, 6.45) is 0.191. The van der Waals surface area contributed by atoms with Crippen LogP contribution in [0.1, 0.15) is 11.6 Å². The van der Waals surface area contributed by atoms with Crippen molar-refractivity contribution in [2.75, 3.05) is 25.2 Å². The minimum Gasteiger partial charge on any atom is -0.375 e. The largest absolute Gasteiger partial charge is 0.375 e. The highest BCUT2D eigenvalue weighted by molar-refractivity contribution is 7.99. The van der Waals surface area contributed by atoms with Crippen LogP contribution in [-0.2, 0) is 4.74 Å². The molecule has 0 saturated carbocycles. The van der Waals surface area contributed by atoms with Crippen LogP contribution >= 0.6 is 35.0 Å². The van der Waals surface area contributed by atoms with Gasteiger partial charge in [-0.2, -0.15) is 11.8 Å². The molecule has 0 radical (unpaired) electrons. The van der Waals surface area contributed by atoms with Gasteiger partial charge in [0.05, 0.1) is 28.8 Å². The Morgan fingerprint density at radius 2 is 2.24 bits per heavy atom. The van der Waals surface area contributed by atoms with E-state index in [1.165, 1.54) is 0 Å². The van der Waals surface area contributed by atoms with Gasteiger partial charge in [-0.25, -0.2) is 0 Å². The molecular weight excluding hydrogens is 277 g/mol. The number of thioether (sulfide) groups is 1. The Morgan fingerprint density at radius 1 is 1.41 bits per heavy atom. The molecule has 1 N–H and O–H groups in total. The lowest BCUT2D eigenvalue weighted by molar-refractivity contribution is 0.0488. The van der Waals surface area contributed by atoms with Crippen molar-refractivity contribution in [3.63, 3.8) is 0 Å². The van der Waals surface area contributed by atoms with Crippen molar-refractivity contribution in [2.45, 2.75) is 12.1 Å². The zero-order valence-electron chi connectivity index (χ0n) is 9.58. The average molecular weight is 292 g/mol. The van der Waals surface area contributed by atoms with Gasteiger partial charge in [0.25, 0.3) is 0 Å². The first kappa shape index (κ1) is 13.5. The van der Waals surface area contributed by atoms with Crippen molar-refractivity contribution in [3.8, 4) is 0 Å². The molecule has 2 nitrogen and oxygen atoms in total. The summed E-state index contributed by atoms with van der Waals surface area (Å²) in [6.45, 7) is 0.814. The van der Waals surface area contributed by atoms with Gasteiger partial charge in [-0.3, -0.25) is 0 Å². The van der Waals surface area contributed by atoms with Crippen molar-refractivity contribution in [3.05, 3.63) is 33.8 Å². The number of halogens is 2. The van der Waals surface area contributed by atoms with E-state index in [0.717, 1.165) is 23.7 Å². The maximum atomic E-state index is 6.05. The van der Waals surface area contributed by atoms with Crippen LogP contribution in [0.15, 0.2) is 18.2 Å². The van der Waals surface area contributed by atoms with Crippen molar-refractivity contribution in [1.29, 1.82) is 0 Å². The Labute approximate surface area is 116 Å². The summed E-state index contributed by atoms with van der Waals surface area (Å²) in [4.78, 5) is 0. The van der Waals surface area contributed by atoms with Gasteiger partial charge in [0.1, 0.15) is 0 Å². The van der Waals surface area contributed by atoms with E-state index in [1.807, 2.05) is 37.0 Å². The molecule has 2 atom stereocenters. The lowest BCUT2D eigenvalue weighted by Crippen LogP contribution is -2.36. The molecule has 0 aliphatic carbocycles. The maximum absolute atomic E-state index is 6.05. The molecule has 0 spiro atoms. The second kappa shape index (κ2) is 6.30. The number of ether oxygens (including phenoxy) is 1. The van der Waals surface area contributed by atoms with E-state index in [-0.39, 0.29) is 12.1 Å². The van der Waals surface area contributed by atoms with Crippen LogP contribution in [0.5, 0.6) is 0 Å². The fourth-order valence-electron chi connectivity index (χ4n) is 1.97. The fraction of sp³-hybridized carbons (Fsp3) is 0.500. The second-order valence-electron chi connectivity index (χ2n) is 3.92. The van der Waals surface area contributed by atoms with Crippen LogP contribution < -0.4 is 5.32 Å². The Hall–Kier alpha value is 0.0700. The van der Waals surface area contributed by atoms with Crippen molar-refractivity contribution in [1.82, 2.24) is 5.32 Å². The summed E-state index contributed by atoms with van der Waals surface area (Å²) >= 11 is 13.9. The smallest absolute Gasteiger partial charge is 0.0860 e. The van der Waals surface area contributed by atoms with Crippen LogP contribution in [0.3, 0.4) is 0 Å². The number of nitrogens with one attached hydrogen (secondary N) is 1. The molecule has 5 heteroatoms. The molecule has 2 unspecified atom stereocenters. The monoisotopic (exact) mass is 291 g/mol. The van der Waals surface area contributed by atoms with E-state index in [1.54, 1.807) is 0 Å². The molecular formula is C12H15Cl2NOS. The minimum absolute atomic E-state index is 0.164. The van der Waals surface area contributed by atoms with Crippen molar-refractivity contribution >= 4 is 35.0 Å². The highest BCUT2D eigenvalue weighted by Gasteiger charge is 2.25. The average Bonchev–Trinajstić information content (AvgIpc) is 2.36. The Bertz CT molecular complexity index is 383. The Morgan fingerprint density at radius 3 is 2.82 bits per heavy atom. The molecule has 94 valence electrons. The highest BCUT2D eigenvalue weighted by Crippen LogP contribution is 2.30. The number of likely N-dealkylation sites (N-methyl/N-ethyl adjacent to an activating group) is 1. The Balaban J connectivity index is 2.18. The van der Waals surface area contributed by atoms with Gasteiger partial charge < -0.3 is 10.1 Å². The van der Waals surface area contributed by atoms with Gasteiger partial charge in [0.15, 0.2) is 0 Å². The molecule has 0 aromatic heterocycles. The molecule has 1 heterocycles. The van der Waals surface area contributed by atoms with Crippen LogP contribution in [0.2, 0.25) is 10.0 Å². The first-order valence-corrected chi connectivity index (χ1v) is 7.45. The van der Waals surface area contributed by atoms with Gasteiger partial charge in [0, 0.05) is 11.5 Å². The SMILES string of the molecule is CNC(c1ccc(Cl)c(Cl)c1)C1CSCCO1. The van der Waals surface area contributed by atoms with Crippen LogP contribution in [0, 0.1) is 0 Å². The van der Waals surface area contributed by atoms with Crippen LogP contribution in [0.25, 0.3) is 0 Å². The van der Waals surface area contributed by atoms with Crippen LogP contribution in [0.4, 0.5) is 0 Å². The third-order valence-corrected chi connectivity index (χ3v) is 4.59. The first-order chi connectivity index (χ1) is 8.22. The molecule has 0 amide bonds. The molecule has 17 heavy (non-hydrogen) atoms. The topological polar surface area (TPSA) is 21.3 Å². The predicted molar refractivity (Wildman–Crippen MR) is 75.3 cm³/mol. The minimum atomic E-state index is 0.164. The maximum Gasteiger partial charge on any atom is 0.0860 e. The quantitative estimate of drug-likeness (QED) is 0.922. The molecule has 0 bridgehead atoms. The number of hydrogen-bond donors (Lipinski definition) is 1. The molecule has 1 aliphatic heterocycles. The van der Waals surface area contributed by atoms with Crippen molar-refractivity contribution in [2.24, 2.45) is 0 Å². The van der Waals surface area contributed by atoms with E-state index in [9.17, 15) is 0 Å². The summed E-state index contributed by atoms with van der Waals surface area (Å²) in [5.74, 6) is 2.08. The summed E-state index contributed by atoms with van der Waals surface area (Å²) in [7, 11) is 1.94. The first-order valence-electron chi connectivity index (χ1n) is 5.54. The molecule has 1 saturated heterocycles. The van der Waals surface area contributed by atoms with E-state index >= 15 is 0 Å². The van der Waals surface area contributed by atoms with Gasteiger partial charge in [-0.15, -0.1) is 0 Å². The van der Waals surface area contributed by atoms with Crippen molar-refractivity contribution < 1.29 is 4.74 Å². The highest BCUT2D eigenvalue weighted by atomic mass is 35.5. The molecule has 2 rings (SSSR count). The molecule has 1 aromatic carbocycles. The lowest BCUT2D eigenvalue weighted by atomic mass is 10.0.